The summed E-state index contributed by atoms with van der Waals surface area (Å²) in [5.74, 6) is -0.143. The van der Waals surface area contributed by atoms with Crippen LogP contribution in [-0.4, -0.2) is 75.7 Å². The molecule has 2 aromatic carbocycles. The highest BCUT2D eigenvalue weighted by Gasteiger charge is 2.22. The molecular formula is C26H27ClN6O2. The zero-order valence-electron chi connectivity index (χ0n) is 19.3. The number of H-pyrrole nitrogens is 2. The highest BCUT2D eigenvalue weighted by molar-refractivity contribution is 6.37. The van der Waals surface area contributed by atoms with Crippen LogP contribution in [0.5, 0.6) is 0 Å². The average molecular weight is 491 g/mol. The van der Waals surface area contributed by atoms with Crippen LogP contribution < -0.4 is 5.32 Å². The van der Waals surface area contributed by atoms with Gasteiger partial charge in [-0.1, -0.05) is 29.8 Å². The number of amides is 1. The molecule has 0 aliphatic carbocycles. The van der Waals surface area contributed by atoms with E-state index in [9.17, 15) is 9.59 Å². The SMILES string of the molecule is O=C(c1ccc2cc[nH]c2c1)c1cccc(NCC(=O)N2CCN(CCc3cnc[nH]3)CC2)c1Cl. The molecule has 1 fully saturated rings. The fourth-order valence-electron chi connectivity index (χ4n) is 4.39. The second-order valence-corrected chi connectivity index (χ2v) is 9.06. The maximum absolute atomic E-state index is 13.1. The molecule has 180 valence electrons. The number of hydrogen-bond acceptors (Lipinski definition) is 5. The predicted molar refractivity (Wildman–Crippen MR) is 137 cm³/mol. The first kappa shape index (κ1) is 23.1. The highest BCUT2D eigenvalue weighted by Crippen LogP contribution is 2.28. The molecule has 5 rings (SSSR count). The zero-order valence-corrected chi connectivity index (χ0v) is 20.0. The Kier molecular flexibility index (Phi) is 6.83. The van der Waals surface area contributed by atoms with Gasteiger partial charge in [0.25, 0.3) is 0 Å². The Balaban J connectivity index is 1.16. The van der Waals surface area contributed by atoms with Crippen molar-refractivity contribution in [1.82, 2.24) is 24.8 Å². The van der Waals surface area contributed by atoms with Crippen LogP contribution in [0, 0.1) is 0 Å². The summed E-state index contributed by atoms with van der Waals surface area (Å²) in [7, 11) is 0. The summed E-state index contributed by atoms with van der Waals surface area (Å²) in [4.78, 5) is 40.4. The maximum Gasteiger partial charge on any atom is 0.241 e. The Morgan fingerprint density at radius 3 is 2.71 bits per heavy atom. The Morgan fingerprint density at radius 2 is 1.91 bits per heavy atom. The smallest absolute Gasteiger partial charge is 0.241 e. The summed E-state index contributed by atoms with van der Waals surface area (Å²) >= 11 is 6.59. The number of halogens is 1. The van der Waals surface area contributed by atoms with Crippen LogP contribution >= 0.6 is 11.6 Å². The van der Waals surface area contributed by atoms with Crippen molar-refractivity contribution >= 4 is 39.9 Å². The lowest BCUT2D eigenvalue weighted by Crippen LogP contribution is -2.50. The van der Waals surface area contributed by atoms with Crippen LogP contribution in [0.25, 0.3) is 10.9 Å². The van der Waals surface area contributed by atoms with Gasteiger partial charge in [-0.3, -0.25) is 14.5 Å². The number of carbonyl (C=O) groups is 2. The molecule has 9 heteroatoms. The normalized spacial score (nSPS) is 14.4. The van der Waals surface area contributed by atoms with E-state index in [4.69, 9.17) is 11.6 Å². The number of rotatable bonds is 8. The number of aromatic amines is 2. The largest absolute Gasteiger partial charge is 0.375 e. The van der Waals surface area contributed by atoms with Crippen molar-refractivity contribution in [2.45, 2.75) is 6.42 Å². The van der Waals surface area contributed by atoms with E-state index in [2.05, 4.69) is 25.2 Å². The van der Waals surface area contributed by atoms with Crippen LogP contribution in [-0.2, 0) is 11.2 Å². The molecule has 1 aliphatic rings. The summed E-state index contributed by atoms with van der Waals surface area (Å²) in [6.45, 7) is 4.13. The lowest BCUT2D eigenvalue weighted by Gasteiger charge is -2.34. The average Bonchev–Trinajstić information content (AvgIpc) is 3.58. The summed E-state index contributed by atoms with van der Waals surface area (Å²) in [5, 5.41) is 4.49. The summed E-state index contributed by atoms with van der Waals surface area (Å²) in [5.41, 5.74) is 3.55. The summed E-state index contributed by atoms with van der Waals surface area (Å²) in [6.07, 6.45) is 6.30. The van der Waals surface area contributed by atoms with Gasteiger partial charge < -0.3 is 20.2 Å². The van der Waals surface area contributed by atoms with Crippen LogP contribution in [0.1, 0.15) is 21.6 Å². The molecule has 2 aromatic heterocycles. The Morgan fingerprint density at radius 1 is 1.06 bits per heavy atom. The molecule has 0 saturated carbocycles. The number of aromatic nitrogens is 3. The number of fused-ring (bicyclic) bond motifs is 1. The number of nitrogens with zero attached hydrogens (tertiary/aromatic N) is 3. The third-order valence-electron chi connectivity index (χ3n) is 6.47. The second-order valence-electron chi connectivity index (χ2n) is 8.68. The molecule has 3 N–H and O–H groups in total. The van der Waals surface area contributed by atoms with Gasteiger partial charge in [0.15, 0.2) is 5.78 Å². The minimum Gasteiger partial charge on any atom is -0.375 e. The fourth-order valence-corrected chi connectivity index (χ4v) is 4.67. The molecule has 0 spiro atoms. The first-order valence-electron chi connectivity index (χ1n) is 11.7. The second kappa shape index (κ2) is 10.3. The number of imidazole rings is 1. The molecule has 0 atom stereocenters. The van der Waals surface area contributed by atoms with Gasteiger partial charge in [-0.05, 0) is 29.7 Å². The third-order valence-corrected chi connectivity index (χ3v) is 6.88. The van der Waals surface area contributed by atoms with Crippen molar-refractivity contribution in [2.24, 2.45) is 0 Å². The molecule has 35 heavy (non-hydrogen) atoms. The zero-order chi connectivity index (χ0) is 24.2. The van der Waals surface area contributed by atoms with Gasteiger partial charge in [0.05, 0.1) is 23.6 Å². The van der Waals surface area contributed by atoms with E-state index in [-0.39, 0.29) is 18.2 Å². The van der Waals surface area contributed by atoms with E-state index in [1.54, 1.807) is 30.6 Å². The lowest BCUT2D eigenvalue weighted by atomic mass is 10.0. The highest BCUT2D eigenvalue weighted by atomic mass is 35.5. The number of ketones is 1. The standard InChI is InChI=1S/C26H27ClN6O2/c27-25-21(26(35)19-5-4-18-6-8-29-23(18)14-19)2-1-3-22(25)30-16-24(34)33-12-10-32(11-13-33)9-7-20-15-28-17-31-20/h1-6,8,14-15,17,29-30H,7,9-13,16H2,(H,28,31). The molecule has 4 aromatic rings. The number of hydrogen-bond donors (Lipinski definition) is 3. The first-order valence-corrected chi connectivity index (χ1v) is 12.1. The molecule has 0 bridgehead atoms. The van der Waals surface area contributed by atoms with Crippen molar-refractivity contribution in [2.75, 3.05) is 44.6 Å². The molecule has 3 heterocycles. The molecule has 8 nitrogen and oxygen atoms in total. The van der Waals surface area contributed by atoms with Gasteiger partial charge in [0, 0.05) is 73.9 Å². The van der Waals surface area contributed by atoms with E-state index >= 15 is 0 Å². The van der Waals surface area contributed by atoms with E-state index < -0.39 is 0 Å². The van der Waals surface area contributed by atoms with Gasteiger partial charge in [-0.25, -0.2) is 4.98 Å². The number of piperazine rings is 1. The van der Waals surface area contributed by atoms with Crippen molar-refractivity contribution in [3.8, 4) is 0 Å². The van der Waals surface area contributed by atoms with Gasteiger partial charge in [0.2, 0.25) is 5.91 Å². The van der Waals surface area contributed by atoms with Crippen LogP contribution in [0.15, 0.2) is 61.2 Å². The first-order chi connectivity index (χ1) is 17.1. The monoisotopic (exact) mass is 490 g/mol. The van der Waals surface area contributed by atoms with E-state index in [1.807, 2.05) is 35.5 Å². The Labute approximate surface area is 208 Å². The van der Waals surface area contributed by atoms with Crippen molar-refractivity contribution in [3.63, 3.8) is 0 Å². The van der Waals surface area contributed by atoms with Crippen LogP contribution in [0.2, 0.25) is 5.02 Å². The van der Waals surface area contributed by atoms with Crippen molar-refractivity contribution < 1.29 is 9.59 Å². The minimum atomic E-state index is -0.160. The number of carbonyl (C=O) groups excluding carboxylic acids is 2. The Bertz CT molecular complexity index is 1320. The number of nitrogens with one attached hydrogen (secondary N) is 3. The predicted octanol–water partition coefficient (Wildman–Crippen LogP) is 3.57. The van der Waals surface area contributed by atoms with Gasteiger partial charge in [-0.2, -0.15) is 0 Å². The molecule has 1 aliphatic heterocycles. The van der Waals surface area contributed by atoms with E-state index in [0.717, 1.165) is 42.7 Å². The van der Waals surface area contributed by atoms with Crippen molar-refractivity contribution in [3.05, 3.63) is 83.0 Å². The summed E-state index contributed by atoms with van der Waals surface area (Å²) in [6, 6.07) is 12.8. The minimum absolute atomic E-state index is 0.0169. The molecular weight excluding hydrogens is 464 g/mol. The van der Waals surface area contributed by atoms with Gasteiger partial charge in [0.1, 0.15) is 0 Å². The van der Waals surface area contributed by atoms with Gasteiger partial charge in [-0.15, -0.1) is 0 Å². The molecule has 1 amide bonds. The number of benzene rings is 2. The third kappa shape index (κ3) is 5.23. The fraction of sp³-hybridized carbons (Fsp3) is 0.269. The topological polar surface area (TPSA) is 97.1 Å². The van der Waals surface area contributed by atoms with E-state index in [0.29, 0.717) is 34.9 Å². The molecule has 0 radical (unpaired) electrons. The van der Waals surface area contributed by atoms with Crippen molar-refractivity contribution in [1.29, 1.82) is 0 Å². The van der Waals surface area contributed by atoms with E-state index in [1.165, 1.54) is 0 Å². The number of anilines is 1. The molecule has 1 saturated heterocycles. The summed E-state index contributed by atoms with van der Waals surface area (Å²) < 4.78 is 0. The lowest BCUT2D eigenvalue weighted by molar-refractivity contribution is -0.131. The van der Waals surface area contributed by atoms with Crippen LogP contribution in [0.3, 0.4) is 0 Å². The molecule has 0 unspecified atom stereocenters. The van der Waals surface area contributed by atoms with Crippen LogP contribution in [0.4, 0.5) is 5.69 Å². The van der Waals surface area contributed by atoms with Gasteiger partial charge >= 0.3 is 0 Å². The maximum atomic E-state index is 13.1. The quantitative estimate of drug-likeness (QED) is 0.328. The Hall–Kier alpha value is -3.62.